The van der Waals surface area contributed by atoms with Gasteiger partial charge >= 0.3 is 0 Å². The molecule has 0 saturated heterocycles. The van der Waals surface area contributed by atoms with Crippen molar-refractivity contribution in [1.82, 2.24) is 0 Å². The van der Waals surface area contributed by atoms with Crippen molar-refractivity contribution in [3.05, 3.63) is 90.0 Å². The van der Waals surface area contributed by atoms with Crippen LogP contribution in [0.2, 0.25) is 0 Å². The molecule has 1 heterocycles. The molecule has 1 aliphatic heterocycles. The van der Waals surface area contributed by atoms with Crippen molar-refractivity contribution in [2.45, 2.75) is 23.5 Å². The molecule has 4 nitrogen and oxygen atoms in total. The lowest BCUT2D eigenvalue weighted by Crippen LogP contribution is -2.38. The lowest BCUT2D eigenvalue weighted by atomic mass is 10.1. The Balaban J connectivity index is 1.57. The molecule has 1 aliphatic rings. The fraction of sp³-hybridized carbons (Fsp3) is 0.167. The van der Waals surface area contributed by atoms with Crippen LogP contribution in [-0.2, 0) is 9.59 Å². The first-order chi connectivity index (χ1) is 14.1. The molecule has 0 aromatic heterocycles. The Kier molecular flexibility index (Phi) is 5.67. The largest absolute Gasteiger partial charge is 0.325 e. The molecular formula is C24H22N2O2S. The van der Waals surface area contributed by atoms with Gasteiger partial charge in [-0.1, -0.05) is 60.2 Å². The Labute approximate surface area is 174 Å². The molecule has 29 heavy (non-hydrogen) atoms. The third-order valence-corrected chi connectivity index (χ3v) is 6.22. The average molecular weight is 403 g/mol. The van der Waals surface area contributed by atoms with E-state index in [1.165, 1.54) is 0 Å². The summed E-state index contributed by atoms with van der Waals surface area (Å²) in [6.07, 6.45) is 0.348. The molecule has 1 N–H and O–H groups in total. The predicted octanol–water partition coefficient (Wildman–Crippen LogP) is 5.20. The van der Waals surface area contributed by atoms with Gasteiger partial charge in [-0.2, -0.15) is 0 Å². The van der Waals surface area contributed by atoms with Gasteiger partial charge in [0.15, 0.2) is 0 Å². The van der Waals surface area contributed by atoms with Crippen LogP contribution in [0.5, 0.6) is 0 Å². The van der Waals surface area contributed by atoms with Gasteiger partial charge < -0.3 is 10.2 Å². The molecular weight excluding hydrogens is 380 g/mol. The number of benzene rings is 3. The fourth-order valence-corrected chi connectivity index (χ4v) is 4.67. The van der Waals surface area contributed by atoms with E-state index in [0.29, 0.717) is 6.42 Å². The summed E-state index contributed by atoms with van der Waals surface area (Å²) in [6.45, 7) is 1.99. The Morgan fingerprint density at radius 3 is 2.45 bits per heavy atom. The van der Waals surface area contributed by atoms with E-state index in [2.05, 4.69) is 5.32 Å². The van der Waals surface area contributed by atoms with Crippen LogP contribution in [0, 0.1) is 6.92 Å². The SMILES string of the molecule is Cc1ccc(NC(=O)CN2C(=O)C[C@H](c3ccccc3)Sc3ccccc32)cc1. The standard InChI is InChI=1S/C24H22N2O2S/c1-17-11-13-19(14-12-17)25-23(27)16-26-20-9-5-6-10-21(20)29-22(15-24(26)28)18-7-3-2-4-8-18/h2-14,22H,15-16H2,1H3,(H,25,27)/t22-/m1/s1. The van der Waals surface area contributed by atoms with Crippen molar-refractivity contribution in [3.63, 3.8) is 0 Å². The summed E-state index contributed by atoms with van der Waals surface area (Å²) < 4.78 is 0. The van der Waals surface area contributed by atoms with Crippen LogP contribution in [0.1, 0.15) is 22.8 Å². The first-order valence-corrected chi connectivity index (χ1v) is 10.5. The Morgan fingerprint density at radius 1 is 1.00 bits per heavy atom. The number of nitrogens with zero attached hydrogens (tertiary/aromatic N) is 1. The van der Waals surface area contributed by atoms with Crippen LogP contribution in [0.3, 0.4) is 0 Å². The van der Waals surface area contributed by atoms with E-state index in [1.807, 2.05) is 85.8 Å². The number of amides is 2. The van der Waals surface area contributed by atoms with Gasteiger partial charge in [-0.15, -0.1) is 11.8 Å². The van der Waals surface area contributed by atoms with Crippen molar-refractivity contribution >= 4 is 35.0 Å². The van der Waals surface area contributed by atoms with E-state index >= 15 is 0 Å². The van der Waals surface area contributed by atoms with Crippen LogP contribution < -0.4 is 10.2 Å². The number of carbonyl (C=O) groups excluding carboxylic acids is 2. The molecule has 1 atom stereocenters. The second-order valence-corrected chi connectivity index (χ2v) is 8.33. The van der Waals surface area contributed by atoms with Crippen LogP contribution in [0.15, 0.2) is 83.8 Å². The first-order valence-electron chi connectivity index (χ1n) is 9.57. The van der Waals surface area contributed by atoms with Crippen molar-refractivity contribution in [2.24, 2.45) is 0 Å². The van der Waals surface area contributed by atoms with E-state index in [4.69, 9.17) is 0 Å². The Morgan fingerprint density at radius 2 is 1.69 bits per heavy atom. The van der Waals surface area contributed by atoms with Gasteiger partial charge in [-0.3, -0.25) is 9.59 Å². The summed E-state index contributed by atoms with van der Waals surface area (Å²) in [5.74, 6) is -0.254. The smallest absolute Gasteiger partial charge is 0.244 e. The zero-order valence-electron chi connectivity index (χ0n) is 16.2. The summed E-state index contributed by atoms with van der Waals surface area (Å²) in [5.41, 5.74) is 3.77. The maximum atomic E-state index is 13.1. The lowest BCUT2D eigenvalue weighted by Gasteiger charge is -2.22. The first kappa shape index (κ1) is 19.3. The molecule has 0 saturated carbocycles. The lowest BCUT2D eigenvalue weighted by molar-refractivity contribution is -0.121. The van der Waals surface area contributed by atoms with Crippen LogP contribution in [0.25, 0.3) is 0 Å². The van der Waals surface area contributed by atoms with Crippen molar-refractivity contribution in [3.8, 4) is 0 Å². The normalized spacial score (nSPS) is 16.1. The third kappa shape index (κ3) is 4.51. The minimum Gasteiger partial charge on any atom is -0.325 e. The molecule has 5 heteroatoms. The minimum absolute atomic E-state index is 0.00814. The monoisotopic (exact) mass is 402 g/mol. The number of anilines is 2. The number of carbonyl (C=O) groups is 2. The highest BCUT2D eigenvalue weighted by atomic mass is 32.2. The van der Waals surface area contributed by atoms with Gasteiger partial charge in [0.05, 0.1) is 5.69 Å². The van der Waals surface area contributed by atoms with E-state index in [9.17, 15) is 9.59 Å². The maximum absolute atomic E-state index is 13.1. The van der Waals surface area contributed by atoms with Crippen molar-refractivity contribution in [1.29, 1.82) is 0 Å². The topological polar surface area (TPSA) is 49.4 Å². The third-order valence-electron chi connectivity index (χ3n) is 4.89. The van der Waals surface area contributed by atoms with Crippen LogP contribution in [0.4, 0.5) is 11.4 Å². The molecule has 0 bridgehead atoms. The zero-order chi connectivity index (χ0) is 20.2. The second-order valence-electron chi connectivity index (χ2n) is 7.08. The van der Waals surface area contributed by atoms with E-state index in [-0.39, 0.29) is 23.6 Å². The van der Waals surface area contributed by atoms with Crippen molar-refractivity contribution in [2.75, 3.05) is 16.8 Å². The van der Waals surface area contributed by atoms with Gasteiger partial charge in [0.25, 0.3) is 0 Å². The summed E-state index contributed by atoms with van der Waals surface area (Å²) in [6, 6.07) is 25.5. The quantitative estimate of drug-likeness (QED) is 0.652. The molecule has 0 radical (unpaired) electrons. The molecule has 3 aromatic carbocycles. The summed E-state index contributed by atoms with van der Waals surface area (Å²) in [4.78, 5) is 28.4. The van der Waals surface area contributed by atoms with Gasteiger partial charge in [-0.05, 0) is 36.8 Å². The summed E-state index contributed by atoms with van der Waals surface area (Å²) in [5, 5.41) is 2.91. The Hall–Kier alpha value is -3.05. The molecule has 0 spiro atoms. The molecule has 0 aliphatic carbocycles. The number of rotatable bonds is 4. The number of para-hydroxylation sites is 1. The highest BCUT2D eigenvalue weighted by Crippen LogP contribution is 2.45. The number of fused-ring (bicyclic) bond motifs is 1. The molecule has 0 unspecified atom stereocenters. The highest BCUT2D eigenvalue weighted by molar-refractivity contribution is 7.99. The minimum atomic E-state index is -0.208. The van der Waals surface area contributed by atoms with E-state index in [1.54, 1.807) is 16.7 Å². The van der Waals surface area contributed by atoms with Gasteiger partial charge in [-0.25, -0.2) is 0 Å². The summed E-state index contributed by atoms with van der Waals surface area (Å²) >= 11 is 1.68. The van der Waals surface area contributed by atoms with Crippen LogP contribution in [-0.4, -0.2) is 18.4 Å². The summed E-state index contributed by atoms with van der Waals surface area (Å²) in [7, 11) is 0. The highest BCUT2D eigenvalue weighted by Gasteiger charge is 2.30. The van der Waals surface area contributed by atoms with E-state index in [0.717, 1.165) is 27.4 Å². The number of hydrogen-bond acceptors (Lipinski definition) is 3. The molecule has 3 aromatic rings. The van der Waals surface area contributed by atoms with Gasteiger partial charge in [0, 0.05) is 22.3 Å². The maximum Gasteiger partial charge on any atom is 0.244 e. The average Bonchev–Trinajstić information content (AvgIpc) is 2.87. The zero-order valence-corrected chi connectivity index (χ0v) is 17.0. The van der Waals surface area contributed by atoms with Gasteiger partial charge in [0.2, 0.25) is 11.8 Å². The fourth-order valence-electron chi connectivity index (χ4n) is 3.39. The van der Waals surface area contributed by atoms with Gasteiger partial charge in [0.1, 0.15) is 6.54 Å². The Bertz CT molecular complexity index is 1020. The van der Waals surface area contributed by atoms with E-state index < -0.39 is 0 Å². The number of nitrogens with one attached hydrogen (secondary N) is 1. The van der Waals surface area contributed by atoms with Crippen molar-refractivity contribution < 1.29 is 9.59 Å². The molecule has 4 rings (SSSR count). The molecule has 2 amide bonds. The molecule has 146 valence electrons. The molecule has 0 fully saturated rings. The predicted molar refractivity (Wildman–Crippen MR) is 118 cm³/mol. The number of thioether (sulfide) groups is 1. The van der Waals surface area contributed by atoms with Crippen LogP contribution >= 0.6 is 11.8 Å². The number of hydrogen-bond donors (Lipinski definition) is 1. The second kappa shape index (κ2) is 8.53. The number of aryl methyl sites for hydroxylation is 1.